The number of nitrogens with one attached hydrogen (secondary N) is 1. The first kappa shape index (κ1) is 24.8. The first-order valence-electron chi connectivity index (χ1n) is 12.7. The van der Waals surface area contributed by atoms with Crippen LogP contribution in [0.1, 0.15) is 85.2 Å². The number of phenols is 1. The lowest BCUT2D eigenvalue weighted by Gasteiger charge is -2.27. The summed E-state index contributed by atoms with van der Waals surface area (Å²) < 4.78 is 6.05. The summed E-state index contributed by atoms with van der Waals surface area (Å²) in [4.78, 5) is 15.5. The predicted octanol–water partition coefficient (Wildman–Crippen LogP) is 6.56. The van der Waals surface area contributed by atoms with E-state index >= 15 is 0 Å². The minimum Gasteiger partial charge on any atom is -0.507 e. The third-order valence-electron chi connectivity index (χ3n) is 6.70. The van der Waals surface area contributed by atoms with Crippen molar-refractivity contribution in [2.24, 2.45) is 5.92 Å². The van der Waals surface area contributed by atoms with Crippen molar-refractivity contribution in [2.45, 2.75) is 66.3 Å². The molecule has 186 valence electrons. The van der Waals surface area contributed by atoms with Gasteiger partial charge < -0.3 is 14.7 Å². The predicted molar refractivity (Wildman–Crippen MR) is 139 cm³/mol. The van der Waals surface area contributed by atoms with Gasteiger partial charge >= 0.3 is 0 Å². The summed E-state index contributed by atoms with van der Waals surface area (Å²) in [6.45, 7) is 11.7. The molecule has 0 bridgehead atoms. The molecule has 3 aromatic rings. The molecule has 6 nitrogen and oxygen atoms in total. The number of aromatic nitrogens is 2. The highest BCUT2D eigenvalue weighted by Gasteiger charge is 2.42. The van der Waals surface area contributed by atoms with Gasteiger partial charge in [-0.2, -0.15) is 5.10 Å². The van der Waals surface area contributed by atoms with Gasteiger partial charge in [0.1, 0.15) is 22.9 Å². The van der Waals surface area contributed by atoms with E-state index < -0.39 is 0 Å². The fraction of sp³-hybridized carbons (Fsp3) is 0.448. The van der Waals surface area contributed by atoms with E-state index in [-0.39, 0.29) is 17.7 Å². The maximum absolute atomic E-state index is 13.5. The zero-order valence-electron chi connectivity index (χ0n) is 21.5. The van der Waals surface area contributed by atoms with Crippen LogP contribution in [0.15, 0.2) is 36.4 Å². The van der Waals surface area contributed by atoms with E-state index in [0.717, 1.165) is 53.7 Å². The van der Waals surface area contributed by atoms with Crippen LogP contribution in [0.25, 0.3) is 11.3 Å². The van der Waals surface area contributed by atoms with Gasteiger partial charge in [0.2, 0.25) is 0 Å². The maximum Gasteiger partial charge on any atom is 0.273 e. The average Bonchev–Trinajstić information content (AvgIpc) is 3.35. The summed E-state index contributed by atoms with van der Waals surface area (Å²) in [6, 6.07) is 11.6. The monoisotopic (exact) mass is 475 g/mol. The van der Waals surface area contributed by atoms with Crippen LogP contribution in [0.4, 0.5) is 0 Å². The number of fused-ring (bicyclic) bond motifs is 1. The molecule has 1 aliphatic rings. The van der Waals surface area contributed by atoms with Crippen LogP contribution in [0.2, 0.25) is 0 Å². The summed E-state index contributed by atoms with van der Waals surface area (Å²) in [5, 5.41) is 18.4. The highest BCUT2D eigenvalue weighted by molar-refractivity contribution is 6.00. The number of aryl methyl sites for hydroxylation is 2. The zero-order chi connectivity index (χ0) is 25.1. The third-order valence-corrected chi connectivity index (χ3v) is 6.70. The Hall–Kier alpha value is -3.28. The molecule has 1 aliphatic heterocycles. The Morgan fingerprint density at radius 3 is 2.71 bits per heavy atom. The number of H-pyrrole nitrogens is 1. The van der Waals surface area contributed by atoms with Crippen LogP contribution in [0.5, 0.6) is 11.5 Å². The Morgan fingerprint density at radius 1 is 1.17 bits per heavy atom. The molecule has 35 heavy (non-hydrogen) atoms. The molecule has 4 rings (SSSR count). The van der Waals surface area contributed by atoms with Crippen LogP contribution in [0, 0.1) is 19.8 Å². The minimum absolute atomic E-state index is 0.0464. The van der Waals surface area contributed by atoms with Crippen molar-refractivity contribution in [1.82, 2.24) is 15.1 Å². The van der Waals surface area contributed by atoms with Crippen molar-refractivity contribution in [3.63, 3.8) is 0 Å². The average molecular weight is 476 g/mol. The molecule has 1 amide bonds. The lowest BCUT2D eigenvalue weighted by molar-refractivity contribution is 0.0740. The van der Waals surface area contributed by atoms with E-state index in [9.17, 15) is 9.90 Å². The van der Waals surface area contributed by atoms with Crippen molar-refractivity contribution in [2.75, 3.05) is 13.2 Å². The molecule has 2 heterocycles. The van der Waals surface area contributed by atoms with Crippen LogP contribution >= 0.6 is 0 Å². The molecule has 1 atom stereocenters. The largest absolute Gasteiger partial charge is 0.507 e. The fourth-order valence-electron chi connectivity index (χ4n) is 4.84. The van der Waals surface area contributed by atoms with E-state index in [2.05, 4.69) is 31.0 Å². The van der Waals surface area contributed by atoms with Gasteiger partial charge in [0.15, 0.2) is 0 Å². The van der Waals surface area contributed by atoms with Crippen LogP contribution in [-0.4, -0.2) is 39.3 Å². The first-order valence-corrected chi connectivity index (χ1v) is 12.7. The SMILES string of the molecule is CCCCCN1C(=O)c2[nH]nc(-c3cc(C)cc(C)c3O)c2C1c1cccc(OCCC(C)C)c1. The summed E-state index contributed by atoms with van der Waals surface area (Å²) >= 11 is 0. The molecule has 0 aliphatic carbocycles. The smallest absolute Gasteiger partial charge is 0.273 e. The zero-order valence-corrected chi connectivity index (χ0v) is 21.5. The Kier molecular flexibility index (Phi) is 7.48. The molecule has 1 aromatic heterocycles. The van der Waals surface area contributed by atoms with E-state index in [4.69, 9.17) is 4.74 Å². The molecule has 6 heteroatoms. The highest BCUT2D eigenvalue weighted by atomic mass is 16.5. The summed E-state index contributed by atoms with van der Waals surface area (Å²) in [7, 11) is 0. The van der Waals surface area contributed by atoms with Gasteiger partial charge in [-0.3, -0.25) is 9.89 Å². The topological polar surface area (TPSA) is 78.5 Å². The van der Waals surface area contributed by atoms with Gasteiger partial charge in [0.05, 0.1) is 12.6 Å². The molecule has 0 radical (unpaired) electrons. The van der Waals surface area contributed by atoms with Gasteiger partial charge in [0, 0.05) is 17.7 Å². The number of unbranched alkanes of at least 4 members (excludes halogenated alkanes) is 2. The van der Waals surface area contributed by atoms with E-state index in [1.165, 1.54) is 0 Å². The number of amides is 1. The molecule has 1 unspecified atom stereocenters. The molecule has 2 N–H and O–H groups in total. The molecule has 0 spiro atoms. The van der Waals surface area contributed by atoms with Crippen molar-refractivity contribution < 1.29 is 14.6 Å². The van der Waals surface area contributed by atoms with Gasteiger partial charge in [-0.1, -0.05) is 51.8 Å². The second kappa shape index (κ2) is 10.5. The molecule has 0 saturated carbocycles. The summed E-state index contributed by atoms with van der Waals surface area (Å²) in [5.74, 6) is 1.53. The minimum atomic E-state index is -0.294. The van der Waals surface area contributed by atoms with Gasteiger partial charge in [-0.15, -0.1) is 0 Å². The number of aromatic amines is 1. The number of hydrogen-bond acceptors (Lipinski definition) is 4. The standard InChI is InChI=1S/C29H37N3O3/c1-6-7-8-13-32-27(21-10-9-11-22(17-21)35-14-12-18(2)3)24-25(30-31-26(24)29(32)34)23-16-19(4)15-20(5)28(23)33/h9-11,15-18,27,33H,6-8,12-14H2,1-5H3,(H,30,31). The van der Waals surface area contributed by atoms with Crippen LogP contribution in [-0.2, 0) is 0 Å². The van der Waals surface area contributed by atoms with E-state index in [1.807, 2.05) is 55.1 Å². The number of rotatable bonds is 10. The normalized spacial score (nSPS) is 15.2. The highest BCUT2D eigenvalue weighted by Crippen LogP contribution is 2.45. The Labute approximate surface area is 208 Å². The van der Waals surface area contributed by atoms with Gasteiger partial charge in [0.25, 0.3) is 5.91 Å². The number of benzene rings is 2. The third kappa shape index (κ3) is 5.07. The number of hydrogen-bond donors (Lipinski definition) is 2. The van der Waals surface area contributed by atoms with E-state index in [1.54, 1.807) is 0 Å². The number of carbonyl (C=O) groups excluding carboxylic acids is 1. The van der Waals surface area contributed by atoms with Gasteiger partial charge in [-0.05, 0) is 67.5 Å². The Balaban J connectivity index is 1.78. The first-order chi connectivity index (χ1) is 16.8. The van der Waals surface area contributed by atoms with Gasteiger partial charge in [-0.25, -0.2) is 0 Å². The fourth-order valence-corrected chi connectivity index (χ4v) is 4.84. The summed E-state index contributed by atoms with van der Waals surface area (Å²) in [5.41, 5.74) is 5.43. The Bertz CT molecular complexity index is 1200. The lowest BCUT2D eigenvalue weighted by atomic mass is 9.94. The van der Waals surface area contributed by atoms with Crippen molar-refractivity contribution >= 4 is 5.91 Å². The van der Waals surface area contributed by atoms with E-state index in [0.29, 0.717) is 36.0 Å². The molecular weight excluding hydrogens is 438 g/mol. The maximum atomic E-state index is 13.5. The molecule has 0 saturated heterocycles. The molecular formula is C29H37N3O3. The number of ether oxygens (including phenoxy) is 1. The number of carbonyl (C=O) groups is 1. The second-order valence-corrected chi connectivity index (χ2v) is 10.1. The number of nitrogens with zero attached hydrogens (tertiary/aromatic N) is 2. The lowest BCUT2D eigenvalue weighted by Crippen LogP contribution is -2.30. The molecule has 0 fully saturated rings. The van der Waals surface area contributed by atoms with Crippen molar-refractivity contribution in [1.29, 1.82) is 0 Å². The number of phenolic OH excluding ortho intramolecular Hbond substituents is 1. The molecule has 2 aromatic carbocycles. The quantitative estimate of drug-likeness (QED) is 0.326. The summed E-state index contributed by atoms with van der Waals surface area (Å²) in [6.07, 6.45) is 4.06. The van der Waals surface area contributed by atoms with Crippen molar-refractivity contribution in [3.05, 3.63) is 64.3 Å². The van der Waals surface area contributed by atoms with Crippen LogP contribution < -0.4 is 4.74 Å². The van der Waals surface area contributed by atoms with Crippen molar-refractivity contribution in [3.8, 4) is 22.8 Å². The van der Waals surface area contributed by atoms with Crippen LogP contribution in [0.3, 0.4) is 0 Å². The number of aromatic hydroxyl groups is 1. The Morgan fingerprint density at radius 2 is 1.97 bits per heavy atom. The second-order valence-electron chi connectivity index (χ2n) is 10.1.